The zero-order chi connectivity index (χ0) is 18.9. The van der Waals surface area contributed by atoms with Gasteiger partial charge in [0.2, 0.25) is 0 Å². The van der Waals surface area contributed by atoms with Gasteiger partial charge in [-0.05, 0) is 69.1 Å². The molecule has 0 aromatic heterocycles. The van der Waals surface area contributed by atoms with Crippen LogP contribution in [0.2, 0.25) is 0 Å². The van der Waals surface area contributed by atoms with Gasteiger partial charge in [0.15, 0.2) is 11.6 Å². The molecule has 0 bridgehead atoms. The van der Waals surface area contributed by atoms with Crippen LogP contribution < -0.4 is 0 Å². The molecule has 3 aliphatic carbocycles. The highest BCUT2D eigenvalue weighted by atomic mass is 16.7. The highest BCUT2D eigenvalue weighted by Crippen LogP contribution is 2.68. The van der Waals surface area contributed by atoms with Gasteiger partial charge in [-0.3, -0.25) is 0 Å². The molecule has 5 aliphatic rings. The standard InChI is InChI=1S/C22H34O5/c1-19-8-7-17-15(6-9-22(20(17,2)14-23)26-12-13-27-22)16(19)4-5-18(19)21(3)24-10-11-25-21/h14-18H,4-13H2,1-3H3/t15?,16?,17?,18-,19-,20+/m0/s1. The second-order valence-corrected chi connectivity index (χ2v) is 10.2. The van der Waals surface area contributed by atoms with Gasteiger partial charge in [-0.15, -0.1) is 0 Å². The second-order valence-electron chi connectivity index (χ2n) is 10.2. The Labute approximate surface area is 162 Å². The first-order chi connectivity index (χ1) is 12.9. The Bertz CT molecular complexity index is 608. The van der Waals surface area contributed by atoms with Gasteiger partial charge in [-0.1, -0.05) is 6.92 Å². The first kappa shape index (κ1) is 18.5. The van der Waals surface area contributed by atoms with E-state index in [0.29, 0.717) is 50.1 Å². The molecule has 27 heavy (non-hydrogen) atoms. The van der Waals surface area contributed by atoms with Crippen LogP contribution in [0.25, 0.3) is 0 Å². The smallest absolute Gasteiger partial charge is 0.180 e. The van der Waals surface area contributed by atoms with Gasteiger partial charge in [0.1, 0.15) is 6.29 Å². The zero-order valence-corrected chi connectivity index (χ0v) is 17.0. The molecule has 0 aromatic rings. The quantitative estimate of drug-likeness (QED) is 0.688. The number of hydrogen-bond acceptors (Lipinski definition) is 5. The SMILES string of the molecule is CC1([C@H]2CCC3C4CCC5(OCCO5)[C@](C)(C=O)C4CC[C@@]32C)OCCO1. The molecule has 2 heterocycles. The van der Waals surface area contributed by atoms with Crippen molar-refractivity contribution in [3.63, 3.8) is 0 Å². The molecule has 6 atom stereocenters. The molecule has 5 nitrogen and oxygen atoms in total. The summed E-state index contributed by atoms with van der Waals surface area (Å²) in [7, 11) is 0. The average molecular weight is 379 g/mol. The van der Waals surface area contributed by atoms with E-state index in [0.717, 1.165) is 38.4 Å². The lowest BCUT2D eigenvalue weighted by atomic mass is 9.48. The highest BCUT2D eigenvalue weighted by molar-refractivity contribution is 5.62. The number of hydrogen-bond donors (Lipinski definition) is 0. The third-order valence-electron chi connectivity index (χ3n) is 9.33. The lowest BCUT2D eigenvalue weighted by molar-refractivity contribution is -0.278. The summed E-state index contributed by atoms with van der Waals surface area (Å²) < 4.78 is 24.4. The van der Waals surface area contributed by atoms with Crippen LogP contribution in [0.4, 0.5) is 0 Å². The maximum absolute atomic E-state index is 12.4. The van der Waals surface area contributed by atoms with Crippen molar-refractivity contribution in [2.45, 2.75) is 70.9 Å². The Balaban J connectivity index is 1.46. The van der Waals surface area contributed by atoms with Crippen molar-refractivity contribution >= 4 is 6.29 Å². The van der Waals surface area contributed by atoms with E-state index in [4.69, 9.17) is 18.9 Å². The largest absolute Gasteiger partial charge is 0.348 e. The Morgan fingerprint density at radius 3 is 2.11 bits per heavy atom. The molecular weight excluding hydrogens is 344 g/mol. The van der Waals surface area contributed by atoms with Crippen LogP contribution in [-0.4, -0.2) is 44.3 Å². The van der Waals surface area contributed by atoms with Gasteiger partial charge in [0, 0.05) is 12.3 Å². The summed E-state index contributed by atoms with van der Waals surface area (Å²) in [6.07, 6.45) is 7.67. The summed E-state index contributed by atoms with van der Waals surface area (Å²) in [5, 5.41) is 0. The fraction of sp³-hybridized carbons (Fsp3) is 0.955. The molecule has 5 heteroatoms. The van der Waals surface area contributed by atoms with E-state index in [2.05, 4.69) is 20.8 Å². The third kappa shape index (κ3) is 2.29. The molecule has 0 radical (unpaired) electrons. The van der Waals surface area contributed by atoms with E-state index in [9.17, 15) is 4.79 Å². The Morgan fingerprint density at radius 1 is 0.778 bits per heavy atom. The fourth-order valence-electron chi connectivity index (χ4n) is 8.02. The number of rotatable bonds is 2. The van der Waals surface area contributed by atoms with Crippen LogP contribution in [0.15, 0.2) is 0 Å². The Morgan fingerprint density at radius 2 is 1.44 bits per heavy atom. The van der Waals surface area contributed by atoms with Crippen molar-refractivity contribution < 1.29 is 23.7 Å². The van der Waals surface area contributed by atoms with Crippen LogP contribution in [-0.2, 0) is 23.7 Å². The van der Waals surface area contributed by atoms with Crippen LogP contribution in [0, 0.1) is 34.5 Å². The minimum Gasteiger partial charge on any atom is -0.348 e. The van der Waals surface area contributed by atoms with Crippen LogP contribution in [0.1, 0.15) is 59.3 Å². The molecule has 3 saturated carbocycles. The maximum Gasteiger partial charge on any atom is 0.180 e. The normalized spacial score (nSPS) is 50.5. The molecule has 0 aromatic carbocycles. The monoisotopic (exact) mass is 378 g/mol. The second kappa shape index (κ2) is 6.01. The fourth-order valence-corrected chi connectivity index (χ4v) is 8.02. The Hall–Kier alpha value is -0.490. The molecule has 3 unspecified atom stereocenters. The molecule has 2 aliphatic heterocycles. The predicted octanol–water partition coefficient (Wildman–Crippen LogP) is 3.55. The third-order valence-corrected chi connectivity index (χ3v) is 9.33. The van der Waals surface area contributed by atoms with Crippen molar-refractivity contribution in [2.24, 2.45) is 34.5 Å². The van der Waals surface area contributed by atoms with E-state index in [1.165, 1.54) is 6.42 Å². The van der Waals surface area contributed by atoms with Gasteiger partial charge in [0.05, 0.1) is 31.8 Å². The lowest BCUT2D eigenvalue weighted by Gasteiger charge is -2.60. The van der Waals surface area contributed by atoms with E-state index in [1.807, 2.05) is 0 Å². The van der Waals surface area contributed by atoms with Gasteiger partial charge in [0.25, 0.3) is 0 Å². The van der Waals surface area contributed by atoms with E-state index >= 15 is 0 Å². The highest BCUT2D eigenvalue weighted by Gasteiger charge is 2.68. The van der Waals surface area contributed by atoms with Crippen molar-refractivity contribution in [1.82, 2.24) is 0 Å². The molecule has 152 valence electrons. The van der Waals surface area contributed by atoms with Crippen LogP contribution >= 0.6 is 0 Å². The number of carbonyl (C=O) groups excluding carboxylic acids is 1. The van der Waals surface area contributed by atoms with Gasteiger partial charge in [-0.25, -0.2) is 0 Å². The van der Waals surface area contributed by atoms with Crippen LogP contribution in [0.3, 0.4) is 0 Å². The summed E-state index contributed by atoms with van der Waals surface area (Å²) >= 11 is 0. The van der Waals surface area contributed by atoms with E-state index in [-0.39, 0.29) is 5.41 Å². The number of aldehydes is 1. The van der Waals surface area contributed by atoms with Crippen molar-refractivity contribution in [3.05, 3.63) is 0 Å². The maximum atomic E-state index is 12.4. The van der Waals surface area contributed by atoms with Crippen molar-refractivity contribution in [3.8, 4) is 0 Å². The molecule has 0 N–H and O–H groups in total. The summed E-state index contributed by atoms with van der Waals surface area (Å²) in [5.74, 6) is 0.854. The van der Waals surface area contributed by atoms with Crippen molar-refractivity contribution in [1.29, 1.82) is 0 Å². The minimum atomic E-state index is -0.689. The first-order valence-corrected chi connectivity index (χ1v) is 10.9. The van der Waals surface area contributed by atoms with Gasteiger partial charge >= 0.3 is 0 Å². The number of carbonyl (C=O) groups is 1. The lowest BCUT2D eigenvalue weighted by Crippen LogP contribution is -2.62. The van der Waals surface area contributed by atoms with Crippen LogP contribution in [0.5, 0.6) is 0 Å². The molecule has 5 fully saturated rings. The average Bonchev–Trinajstić information content (AvgIpc) is 3.37. The summed E-state index contributed by atoms with van der Waals surface area (Å²) in [6.45, 7) is 9.35. The summed E-state index contributed by atoms with van der Waals surface area (Å²) in [4.78, 5) is 12.4. The van der Waals surface area contributed by atoms with E-state index in [1.54, 1.807) is 0 Å². The molecule has 1 spiro atoms. The zero-order valence-electron chi connectivity index (χ0n) is 17.0. The predicted molar refractivity (Wildman–Crippen MR) is 98.9 cm³/mol. The van der Waals surface area contributed by atoms with Gasteiger partial charge in [-0.2, -0.15) is 0 Å². The number of ether oxygens (including phenoxy) is 4. The van der Waals surface area contributed by atoms with E-state index < -0.39 is 17.0 Å². The molecule has 0 amide bonds. The number of fused-ring (bicyclic) bond motifs is 3. The minimum absolute atomic E-state index is 0.228. The Kier molecular flexibility index (Phi) is 4.12. The summed E-state index contributed by atoms with van der Waals surface area (Å²) in [6, 6.07) is 0. The topological polar surface area (TPSA) is 54.0 Å². The molecular formula is C22H34O5. The molecule has 2 saturated heterocycles. The summed E-state index contributed by atoms with van der Waals surface area (Å²) in [5.41, 5.74) is -0.317. The van der Waals surface area contributed by atoms with Gasteiger partial charge < -0.3 is 23.7 Å². The van der Waals surface area contributed by atoms with Crippen molar-refractivity contribution in [2.75, 3.05) is 26.4 Å². The molecule has 5 rings (SSSR count). The first-order valence-electron chi connectivity index (χ1n) is 10.9.